The van der Waals surface area contributed by atoms with E-state index in [1.807, 2.05) is 11.3 Å². The fourth-order valence-electron chi connectivity index (χ4n) is 2.43. The van der Waals surface area contributed by atoms with Crippen molar-refractivity contribution in [2.45, 2.75) is 45.8 Å². The highest BCUT2D eigenvalue weighted by Crippen LogP contribution is 2.17. The van der Waals surface area contributed by atoms with Crippen LogP contribution in [0, 0.1) is 0 Å². The van der Waals surface area contributed by atoms with Crippen molar-refractivity contribution < 1.29 is 9.47 Å². The number of guanidine groups is 1. The number of aliphatic imine (C=N–C) groups is 1. The molecule has 1 aliphatic heterocycles. The lowest BCUT2D eigenvalue weighted by atomic mass is 10.2. The van der Waals surface area contributed by atoms with Crippen LogP contribution in [0.5, 0.6) is 0 Å². The van der Waals surface area contributed by atoms with E-state index in [-0.39, 0.29) is 0 Å². The standard InChI is InChI=1S/C17H29N3O2S/c1-3-15-7-8-16(23-15)12-20-17(18-4-2)19-9-11-21-13-14-6-5-10-22-14/h7-8,14H,3-6,9-13H2,1-2H3,(H2,18,19,20). The fraction of sp³-hybridized carbons (Fsp3) is 0.706. The van der Waals surface area contributed by atoms with Crippen molar-refractivity contribution in [3.05, 3.63) is 21.9 Å². The molecule has 2 N–H and O–H groups in total. The van der Waals surface area contributed by atoms with E-state index in [4.69, 9.17) is 9.47 Å². The second-order valence-corrected chi connectivity index (χ2v) is 6.81. The molecule has 1 aliphatic rings. The van der Waals surface area contributed by atoms with Gasteiger partial charge in [-0.3, -0.25) is 0 Å². The Balaban J connectivity index is 1.66. The molecule has 1 atom stereocenters. The van der Waals surface area contributed by atoms with Gasteiger partial charge in [-0.05, 0) is 38.3 Å². The van der Waals surface area contributed by atoms with Gasteiger partial charge in [-0.1, -0.05) is 6.92 Å². The second kappa shape index (κ2) is 10.6. The molecule has 1 fully saturated rings. The summed E-state index contributed by atoms with van der Waals surface area (Å²) in [6, 6.07) is 4.36. The molecule has 6 heteroatoms. The Hall–Kier alpha value is -1.11. The number of rotatable bonds is 9. The molecule has 0 aliphatic carbocycles. The zero-order valence-corrected chi connectivity index (χ0v) is 15.1. The Morgan fingerprint density at radius 2 is 2.22 bits per heavy atom. The Morgan fingerprint density at radius 3 is 2.91 bits per heavy atom. The monoisotopic (exact) mass is 339 g/mol. The summed E-state index contributed by atoms with van der Waals surface area (Å²) in [4.78, 5) is 7.34. The molecule has 0 amide bonds. The summed E-state index contributed by atoms with van der Waals surface area (Å²) >= 11 is 1.84. The van der Waals surface area contributed by atoms with Crippen molar-refractivity contribution in [1.82, 2.24) is 10.6 Å². The van der Waals surface area contributed by atoms with Gasteiger partial charge < -0.3 is 20.1 Å². The molecule has 1 aromatic heterocycles. The van der Waals surface area contributed by atoms with Crippen LogP contribution in [0.15, 0.2) is 17.1 Å². The number of hydrogen-bond donors (Lipinski definition) is 2. The van der Waals surface area contributed by atoms with Gasteiger partial charge >= 0.3 is 0 Å². The molecular weight excluding hydrogens is 310 g/mol. The minimum Gasteiger partial charge on any atom is -0.377 e. The number of thiophene rings is 1. The third-order valence-corrected chi connectivity index (χ3v) is 4.88. The average Bonchev–Trinajstić information content (AvgIpc) is 3.23. The van der Waals surface area contributed by atoms with Crippen LogP contribution in [0.4, 0.5) is 0 Å². The molecule has 0 saturated carbocycles. The predicted octanol–water partition coefficient (Wildman–Crippen LogP) is 2.56. The van der Waals surface area contributed by atoms with Gasteiger partial charge in [0.05, 0.1) is 25.9 Å². The Morgan fingerprint density at radius 1 is 1.35 bits per heavy atom. The van der Waals surface area contributed by atoms with Gasteiger partial charge in [-0.2, -0.15) is 0 Å². The molecule has 1 unspecified atom stereocenters. The van der Waals surface area contributed by atoms with Crippen LogP contribution in [0.25, 0.3) is 0 Å². The van der Waals surface area contributed by atoms with Crippen molar-refractivity contribution in [2.24, 2.45) is 4.99 Å². The molecule has 0 spiro atoms. The molecule has 1 aromatic rings. The second-order valence-electron chi connectivity index (χ2n) is 5.55. The van der Waals surface area contributed by atoms with E-state index in [9.17, 15) is 0 Å². The third-order valence-electron chi connectivity index (χ3n) is 3.67. The van der Waals surface area contributed by atoms with Crippen LogP contribution >= 0.6 is 11.3 Å². The molecule has 2 heterocycles. The van der Waals surface area contributed by atoms with Gasteiger partial charge in [0.25, 0.3) is 0 Å². The van der Waals surface area contributed by atoms with E-state index in [2.05, 4.69) is 41.6 Å². The molecule has 0 aromatic carbocycles. The van der Waals surface area contributed by atoms with Crippen molar-refractivity contribution in [3.63, 3.8) is 0 Å². The molecule has 5 nitrogen and oxygen atoms in total. The van der Waals surface area contributed by atoms with E-state index in [1.54, 1.807) is 0 Å². The summed E-state index contributed by atoms with van der Waals surface area (Å²) in [5.74, 6) is 0.847. The molecule has 23 heavy (non-hydrogen) atoms. The van der Waals surface area contributed by atoms with Crippen LogP contribution in [0.2, 0.25) is 0 Å². The molecule has 1 saturated heterocycles. The van der Waals surface area contributed by atoms with Crippen LogP contribution in [-0.4, -0.2) is 45.0 Å². The SMILES string of the molecule is CCNC(=NCc1ccc(CC)s1)NCCOCC1CCCO1. The van der Waals surface area contributed by atoms with E-state index < -0.39 is 0 Å². The van der Waals surface area contributed by atoms with E-state index in [1.165, 1.54) is 9.75 Å². The van der Waals surface area contributed by atoms with Gasteiger partial charge in [0.1, 0.15) is 0 Å². The average molecular weight is 340 g/mol. The molecule has 0 radical (unpaired) electrons. The summed E-state index contributed by atoms with van der Waals surface area (Å²) in [6.07, 6.45) is 3.67. The first-order valence-corrected chi connectivity index (χ1v) is 9.42. The van der Waals surface area contributed by atoms with E-state index in [0.717, 1.165) is 51.5 Å². The number of hydrogen-bond acceptors (Lipinski definition) is 4. The predicted molar refractivity (Wildman–Crippen MR) is 96.3 cm³/mol. The lowest BCUT2D eigenvalue weighted by Gasteiger charge is -2.13. The van der Waals surface area contributed by atoms with E-state index >= 15 is 0 Å². The highest BCUT2D eigenvalue weighted by atomic mass is 32.1. The number of nitrogens with one attached hydrogen (secondary N) is 2. The third kappa shape index (κ3) is 6.89. The van der Waals surface area contributed by atoms with Crippen LogP contribution in [0.3, 0.4) is 0 Å². The van der Waals surface area contributed by atoms with Gasteiger partial charge in [0.15, 0.2) is 5.96 Å². The number of aryl methyl sites for hydroxylation is 1. The molecular formula is C17H29N3O2S. The zero-order chi connectivity index (χ0) is 16.3. The van der Waals surface area contributed by atoms with Crippen LogP contribution < -0.4 is 10.6 Å². The number of nitrogens with zero attached hydrogens (tertiary/aromatic N) is 1. The Kier molecular flexibility index (Phi) is 8.42. The highest BCUT2D eigenvalue weighted by Gasteiger charge is 2.14. The maximum absolute atomic E-state index is 5.66. The summed E-state index contributed by atoms with van der Waals surface area (Å²) < 4.78 is 11.2. The zero-order valence-electron chi connectivity index (χ0n) is 14.3. The van der Waals surface area contributed by atoms with Gasteiger partial charge in [-0.25, -0.2) is 4.99 Å². The maximum Gasteiger partial charge on any atom is 0.191 e. The Labute approximate surface area is 143 Å². The molecule has 0 bridgehead atoms. The van der Waals surface area contributed by atoms with E-state index in [0.29, 0.717) is 19.3 Å². The van der Waals surface area contributed by atoms with Crippen molar-refractivity contribution in [3.8, 4) is 0 Å². The minimum atomic E-state index is 0.295. The lowest BCUT2D eigenvalue weighted by Crippen LogP contribution is -2.39. The van der Waals surface area contributed by atoms with Crippen molar-refractivity contribution in [2.75, 3.05) is 32.9 Å². The number of ether oxygens (including phenoxy) is 2. The first-order chi connectivity index (χ1) is 11.3. The summed E-state index contributed by atoms with van der Waals surface area (Å²) in [5, 5.41) is 6.58. The lowest BCUT2D eigenvalue weighted by molar-refractivity contribution is 0.0191. The quantitative estimate of drug-likeness (QED) is 0.412. The van der Waals surface area contributed by atoms with Gasteiger partial charge in [-0.15, -0.1) is 11.3 Å². The summed E-state index contributed by atoms with van der Waals surface area (Å²) in [5.41, 5.74) is 0. The Bertz CT molecular complexity index is 470. The summed E-state index contributed by atoms with van der Waals surface area (Å²) in [6.45, 7) is 8.83. The minimum absolute atomic E-state index is 0.295. The first-order valence-electron chi connectivity index (χ1n) is 8.61. The maximum atomic E-state index is 5.66. The van der Waals surface area contributed by atoms with Gasteiger partial charge in [0.2, 0.25) is 0 Å². The molecule has 2 rings (SSSR count). The van der Waals surface area contributed by atoms with Crippen molar-refractivity contribution >= 4 is 17.3 Å². The van der Waals surface area contributed by atoms with Crippen LogP contribution in [-0.2, 0) is 22.4 Å². The molecule has 130 valence electrons. The first kappa shape index (κ1) is 18.2. The fourth-order valence-corrected chi connectivity index (χ4v) is 3.31. The van der Waals surface area contributed by atoms with Crippen molar-refractivity contribution in [1.29, 1.82) is 0 Å². The normalized spacial score (nSPS) is 18.3. The topological polar surface area (TPSA) is 54.9 Å². The van der Waals surface area contributed by atoms with Gasteiger partial charge in [0, 0.05) is 29.5 Å². The van der Waals surface area contributed by atoms with Crippen LogP contribution in [0.1, 0.15) is 36.4 Å². The smallest absolute Gasteiger partial charge is 0.191 e. The summed E-state index contributed by atoms with van der Waals surface area (Å²) in [7, 11) is 0. The highest BCUT2D eigenvalue weighted by molar-refractivity contribution is 7.11. The largest absolute Gasteiger partial charge is 0.377 e.